The summed E-state index contributed by atoms with van der Waals surface area (Å²) in [6, 6.07) is 0. The first-order valence-electron chi connectivity index (χ1n) is 7.15. The molecule has 0 aliphatic carbocycles. The Kier molecular flexibility index (Phi) is 3.54. The van der Waals surface area contributed by atoms with Crippen LogP contribution >= 0.6 is 0 Å². The molecule has 2 fully saturated rings. The lowest BCUT2D eigenvalue weighted by molar-refractivity contribution is -0.181. The van der Waals surface area contributed by atoms with Gasteiger partial charge >= 0.3 is 0 Å². The number of nitrogens with one attached hydrogen (secondary N) is 1. The van der Waals surface area contributed by atoms with Crippen molar-refractivity contribution in [3.63, 3.8) is 0 Å². The number of hydrogen-bond donors (Lipinski definition) is 1. The minimum absolute atomic E-state index is 0.129. The van der Waals surface area contributed by atoms with Gasteiger partial charge in [0.15, 0.2) is 5.79 Å². The number of aryl methyl sites for hydroxylation is 2. The second-order valence-corrected chi connectivity index (χ2v) is 5.51. The van der Waals surface area contributed by atoms with Gasteiger partial charge in [-0.15, -0.1) is 0 Å². The van der Waals surface area contributed by atoms with Crippen LogP contribution in [0.2, 0.25) is 0 Å². The van der Waals surface area contributed by atoms with E-state index in [0.717, 1.165) is 0 Å². The first-order chi connectivity index (χ1) is 10.0. The van der Waals surface area contributed by atoms with Crippen molar-refractivity contribution in [3.05, 3.63) is 27.4 Å². The van der Waals surface area contributed by atoms with Crippen LogP contribution in [-0.2, 0) is 9.47 Å². The lowest BCUT2D eigenvalue weighted by Gasteiger charge is -2.37. The zero-order chi connectivity index (χ0) is 15.0. The Hall–Kier alpha value is -1.73. The van der Waals surface area contributed by atoms with Gasteiger partial charge in [-0.3, -0.25) is 9.59 Å². The van der Waals surface area contributed by atoms with Crippen molar-refractivity contribution in [1.29, 1.82) is 0 Å². The zero-order valence-corrected chi connectivity index (χ0v) is 12.3. The van der Waals surface area contributed by atoms with Crippen LogP contribution in [0.3, 0.4) is 0 Å². The molecule has 0 saturated carbocycles. The molecular formula is C14H19N3O4. The van der Waals surface area contributed by atoms with Gasteiger partial charge in [0.25, 0.3) is 11.5 Å². The Morgan fingerprint density at radius 2 is 1.86 bits per heavy atom. The standard InChI is InChI=1S/C14H19N3O4/c1-9-11(12(18)16-10(2)15-9)13(19)17-5-3-14(4-6-17)20-7-8-21-14/h3-8H2,1-2H3,(H,15,16,18). The molecular weight excluding hydrogens is 274 g/mol. The first kappa shape index (κ1) is 14.2. The SMILES string of the molecule is Cc1nc(C)c(C(=O)N2CCC3(CC2)OCCO3)c(=O)[nH]1. The molecule has 1 amide bonds. The molecule has 1 spiro atoms. The molecule has 7 nitrogen and oxygen atoms in total. The molecule has 21 heavy (non-hydrogen) atoms. The van der Waals surface area contributed by atoms with Gasteiger partial charge in [-0.1, -0.05) is 0 Å². The third-order valence-corrected chi connectivity index (χ3v) is 4.06. The number of rotatable bonds is 1. The molecule has 0 atom stereocenters. The van der Waals surface area contributed by atoms with Crippen molar-refractivity contribution in [2.75, 3.05) is 26.3 Å². The summed E-state index contributed by atoms with van der Waals surface area (Å²) in [6.45, 7) is 5.63. The molecule has 0 unspecified atom stereocenters. The number of piperidine rings is 1. The summed E-state index contributed by atoms with van der Waals surface area (Å²) < 4.78 is 11.3. The molecule has 7 heteroatoms. The van der Waals surface area contributed by atoms with Gasteiger partial charge in [0.1, 0.15) is 11.4 Å². The third-order valence-electron chi connectivity index (χ3n) is 4.06. The van der Waals surface area contributed by atoms with Crippen LogP contribution in [-0.4, -0.2) is 52.9 Å². The monoisotopic (exact) mass is 293 g/mol. The van der Waals surface area contributed by atoms with E-state index in [0.29, 0.717) is 50.7 Å². The predicted octanol–water partition coefficient (Wildman–Crippen LogP) is 0.366. The number of ether oxygens (including phenoxy) is 2. The van der Waals surface area contributed by atoms with Crippen LogP contribution < -0.4 is 5.56 Å². The van der Waals surface area contributed by atoms with Gasteiger partial charge in [0, 0.05) is 25.9 Å². The lowest BCUT2D eigenvalue weighted by Crippen LogP contribution is -2.48. The normalized spacial score (nSPS) is 21.0. The number of aromatic nitrogens is 2. The minimum Gasteiger partial charge on any atom is -0.347 e. The number of nitrogens with zero attached hydrogens (tertiary/aromatic N) is 2. The van der Waals surface area contributed by atoms with Crippen molar-refractivity contribution in [2.45, 2.75) is 32.5 Å². The summed E-state index contributed by atoms with van der Waals surface area (Å²) in [5.41, 5.74) is 0.221. The van der Waals surface area contributed by atoms with Crippen LogP contribution in [0, 0.1) is 13.8 Å². The average Bonchev–Trinajstić information content (AvgIpc) is 2.86. The molecule has 3 rings (SSSR count). The zero-order valence-electron chi connectivity index (χ0n) is 12.3. The van der Waals surface area contributed by atoms with Crippen molar-refractivity contribution < 1.29 is 14.3 Å². The number of aromatic amines is 1. The summed E-state index contributed by atoms with van der Waals surface area (Å²) in [6.07, 6.45) is 1.27. The maximum absolute atomic E-state index is 12.5. The number of likely N-dealkylation sites (tertiary alicyclic amines) is 1. The Morgan fingerprint density at radius 1 is 1.24 bits per heavy atom. The number of hydrogen-bond acceptors (Lipinski definition) is 5. The van der Waals surface area contributed by atoms with Crippen LogP contribution in [0.25, 0.3) is 0 Å². The second-order valence-electron chi connectivity index (χ2n) is 5.51. The Bertz CT molecular complexity index is 609. The average molecular weight is 293 g/mol. The molecule has 0 aromatic carbocycles. The van der Waals surface area contributed by atoms with Gasteiger partial charge in [0.05, 0.1) is 18.9 Å². The first-order valence-corrected chi connectivity index (χ1v) is 7.15. The van der Waals surface area contributed by atoms with E-state index in [4.69, 9.17) is 9.47 Å². The number of carbonyl (C=O) groups is 1. The molecule has 1 aromatic rings. The minimum atomic E-state index is -0.524. The summed E-state index contributed by atoms with van der Waals surface area (Å²) in [7, 11) is 0. The highest BCUT2D eigenvalue weighted by molar-refractivity contribution is 5.94. The van der Waals surface area contributed by atoms with Crippen LogP contribution in [0.4, 0.5) is 0 Å². The number of carbonyl (C=O) groups excluding carboxylic acids is 1. The van der Waals surface area contributed by atoms with Crippen molar-refractivity contribution >= 4 is 5.91 Å². The lowest BCUT2D eigenvalue weighted by atomic mass is 10.0. The van der Waals surface area contributed by atoms with E-state index in [9.17, 15) is 9.59 Å². The summed E-state index contributed by atoms with van der Waals surface area (Å²) in [5.74, 6) is -0.280. The fourth-order valence-corrected chi connectivity index (χ4v) is 2.97. The van der Waals surface area contributed by atoms with Gasteiger partial charge in [-0.25, -0.2) is 4.98 Å². The van der Waals surface area contributed by atoms with Crippen LogP contribution in [0.15, 0.2) is 4.79 Å². The second kappa shape index (κ2) is 5.23. The number of amides is 1. The predicted molar refractivity (Wildman–Crippen MR) is 74.1 cm³/mol. The van der Waals surface area contributed by atoms with E-state index in [1.807, 2.05) is 0 Å². The molecule has 0 radical (unpaired) electrons. The molecule has 2 aliphatic heterocycles. The molecule has 2 aliphatic rings. The highest BCUT2D eigenvalue weighted by Crippen LogP contribution is 2.31. The van der Waals surface area contributed by atoms with E-state index in [2.05, 4.69) is 9.97 Å². The fraction of sp³-hybridized carbons (Fsp3) is 0.643. The summed E-state index contributed by atoms with van der Waals surface area (Å²) >= 11 is 0. The van der Waals surface area contributed by atoms with Crippen molar-refractivity contribution in [3.8, 4) is 0 Å². The fourth-order valence-electron chi connectivity index (χ4n) is 2.97. The van der Waals surface area contributed by atoms with Crippen LogP contribution in [0.1, 0.15) is 34.7 Å². The van der Waals surface area contributed by atoms with E-state index in [1.165, 1.54) is 0 Å². The highest BCUT2D eigenvalue weighted by Gasteiger charge is 2.41. The highest BCUT2D eigenvalue weighted by atomic mass is 16.7. The van der Waals surface area contributed by atoms with Gasteiger partial charge in [-0.05, 0) is 13.8 Å². The van der Waals surface area contributed by atoms with Crippen molar-refractivity contribution in [1.82, 2.24) is 14.9 Å². The Labute approximate surface area is 122 Å². The third kappa shape index (κ3) is 2.58. The largest absolute Gasteiger partial charge is 0.347 e. The van der Waals surface area contributed by atoms with Crippen molar-refractivity contribution in [2.24, 2.45) is 0 Å². The van der Waals surface area contributed by atoms with Gasteiger partial charge in [0.2, 0.25) is 0 Å². The maximum Gasteiger partial charge on any atom is 0.264 e. The van der Waals surface area contributed by atoms with E-state index >= 15 is 0 Å². The maximum atomic E-state index is 12.5. The summed E-state index contributed by atoms with van der Waals surface area (Å²) in [4.78, 5) is 33.0. The summed E-state index contributed by atoms with van der Waals surface area (Å²) in [5, 5.41) is 0. The van der Waals surface area contributed by atoms with E-state index in [1.54, 1.807) is 18.7 Å². The molecule has 3 heterocycles. The molecule has 1 N–H and O–H groups in total. The Morgan fingerprint density at radius 3 is 2.43 bits per heavy atom. The van der Waals surface area contributed by atoms with Gasteiger partial charge < -0.3 is 19.4 Å². The Balaban J connectivity index is 1.77. The molecule has 2 saturated heterocycles. The van der Waals surface area contributed by atoms with E-state index < -0.39 is 5.79 Å². The molecule has 0 bridgehead atoms. The smallest absolute Gasteiger partial charge is 0.264 e. The number of H-pyrrole nitrogens is 1. The molecule has 114 valence electrons. The topological polar surface area (TPSA) is 84.5 Å². The quantitative estimate of drug-likeness (QED) is 0.808. The van der Waals surface area contributed by atoms with Crippen LogP contribution in [0.5, 0.6) is 0 Å². The van der Waals surface area contributed by atoms with E-state index in [-0.39, 0.29) is 17.0 Å². The molecule has 1 aromatic heterocycles. The van der Waals surface area contributed by atoms with Gasteiger partial charge in [-0.2, -0.15) is 0 Å².